The fourth-order valence-corrected chi connectivity index (χ4v) is 3.58. The first-order valence-electron chi connectivity index (χ1n) is 8.17. The third-order valence-corrected chi connectivity index (χ3v) is 4.76. The maximum atomic E-state index is 11.9. The van der Waals surface area contributed by atoms with Gasteiger partial charge in [0.15, 0.2) is 0 Å². The van der Waals surface area contributed by atoms with Gasteiger partial charge in [-0.3, -0.25) is 9.59 Å². The lowest BCUT2D eigenvalue weighted by Crippen LogP contribution is -2.42. The zero-order valence-corrected chi connectivity index (χ0v) is 12.9. The van der Waals surface area contributed by atoms with Gasteiger partial charge in [0.1, 0.15) is 11.9 Å². The Balaban J connectivity index is 1.81. The molecule has 6 nitrogen and oxygen atoms in total. The van der Waals surface area contributed by atoms with Crippen LogP contribution in [0.25, 0.3) is 0 Å². The zero-order valence-electron chi connectivity index (χ0n) is 12.9. The molecule has 0 heterocycles. The molecular weight excluding hydrogens is 286 g/mol. The smallest absolute Gasteiger partial charge is 0.407 e. The van der Waals surface area contributed by atoms with Gasteiger partial charge >= 0.3 is 12.1 Å². The van der Waals surface area contributed by atoms with Gasteiger partial charge in [-0.1, -0.05) is 19.3 Å². The molecule has 0 spiro atoms. The van der Waals surface area contributed by atoms with Crippen LogP contribution in [-0.4, -0.2) is 35.6 Å². The van der Waals surface area contributed by atoms with Gasteiger partial charge in [0, 0.05) is 19.4 Å². The van der Waals surface area contributed by atoms with Crippen molar-refractivity contribution >= 4 is 17.8 Å². The topological polar surface area (TPSA) is 92.7 Å². The minimum Gasteiger partial charge on any atom is -0.481 e. The van der Waals surface area contributed by atoms with E-state index in [2.05, 4.69) is 5.32 Å². The molecular formula is C16H25NO5. The van der Waals surface area contributed by atoms with E-state index in [4.69, 9.17) is 9.84 Å². The van der Waals surface area contributed by atoms with Crippen LogP contribution in [0.3, 0.4) is 0 Å². The number of carboxylic acid groups (broad SMARTS) is 1. The van der Waals surface area contributed by atoms with Gasteiger partial charge in [-0.2, -0.15) is 0 Å². The minimum absolute atomic E-state index is 0.0786. The number of carboxylic acids is 1. The predicted molar refractivity (Wildman–Crippen MR) is 79.5 cm³/mol. The van der Waals surface area contributed by atoms with Gasteiger partial charge < -0.3 is 15.2 Å². The number of nitrogens with one attached hydrogen (secondary N) is 1. The molecule has 6 heteroatoms. The molecule has 2 rings (SSSR count). The molecule has 2 aliphatic carbocycles. The van der Waals surface area contributed by atoms with Crippen LogP contribution in [0.5, 0.6) is 0 Å². The summed E-state index contributed by atoms with van der Waals surface area (Å²) in [6.45, 7) is 0.332. The molecule has 2 saturated carbocycles. The second kappa shape index (κ2) is 7.61. The summed E-state index contributed by atoms with van der Waals surface area (Å²) >= 11 is 0. The van der Waals surface area contributed by atoms with E-state index in [1.165, 1.54) is 0 Å². The van der Waals surface area contributed by atoms with Crippen LogP contribution < -0.4 is 5.32 Å². The highest BCUT2D eigenvalue weighted by atomic mass is 16.6. The number of rotatable bonds is 5. The average Bonchev–Trinajstić information content (AvgIpc) is 2.46. The Morgan fingerprint density at radius 3 is 2.59 bits per heavy atom. The second-order valence-electron chi connectivity index (χ2n) is 6.65. The molecule has 0 bridgehead atoms. The monoisotopic (exact) mass is 311 g/mol. The van der Waals surface area contributed by atoms with Crippen molar-refractivity contribution in [2.45, 2.75) is 70.3 Å². The van der Waals surface area contributed by atoms with E-state index in [1.54, 1.807) is 0 Å². The SMILES string of the molecule is O=C(O)CC1(CNC(=O)O[C@@H]2CCCC(=O)C2)CCCCC1. The highest BCUT2D eigenvalue weighted by Gasteiger charge is 2.35. The van der Waals surface area contributed by atoms with E-state index in [-0.39, 0.29) is 23.7 Å². The van der Waals surface area contributed by atoms with Gasteiger partial charge in [-0.05, 0) is 31.1 Å². The van der Waals surface area contributed by atoms with Gasteiger partial charge in [0.2, 0.25) is 0 Å². The van der Waals surface area contributed by atoms with Gasteiger partial charge in [0.05, 0.1) is 6.42 Å². The molecule has 2 aliphatic rings. The van der Waals surface area contributed by atoms with E-state index in [0.717, 1.165) is 44.9 Å². The summed E-state index contributed by atoms with van der Waals surface area (Å²) in [6.07, 6.45) is 6.34. The van der Waals surface area contributed by atoms with Crippen molar-refractivity contribution in [3.63, 3.8) is 0 Å². The molecule has 2 fully saturated rings. The molecule has 0 radical (unpaired) electrons. The highest BCUT2D eigenvalue weighted by molar-refractivity contribution is 5.80. The Morgan fingerprint density at radius 2 is 1.95 bits per heavy atom. The number of Topliss-reactive ketones (excluding diaryl/α,β-unsaturated/α-hetero) is 1. The largest absolute Gasteiger partial charge is 0.481 e. The van der Waals surface area contributed by atoms with E-state index >= 15 is 0 Å². The van der Waals surface area contributed by atoms with Gasteiger partial charge in [-0.15, -0.1) is 0 Å². The Hall–Kier alpha value is -1.59. The third-order valence-electron chi connectivity index (χ3n) is 4.76. The van der Waals surface area contributed by atoms with Crippen molar-refractivity contribution < 1.29 is 24.2 Å². The number of hydrogen-bond acceptors (Lipinski definition) is 4. The highest BCUT2D eigenvalue weighted by Crippen LogP contribution is 2.38. The van der Waals surface area contributed by atoms with E-state index in [0.29, 0.717) is 19.4 Å². The minimum atomic E-state index is -0.824. The van der Waals surface area contributed by atoms with Crippen LogP contribution >= 0.6 is 0 Å². The summed E-state index contributed by atoms with van der Waals surface area (Å²) in [5.74, 6) is -0.686. The van der Waals surface area contributed by atoms with Gasteiger partial charge in [0.25, 0.3) is 0 Å². The summed E-state index contributed by atoms with van der Waals surface area (Å²) in [4.78, 5) is 34.3. The van der Waals surface area contributed by atoms with Crippen molar-refractivity contribution in [2.75, 3.05) is 6.54 Å². The fourth-order valence-electron chi connectivity index (χ4n) is 3.58. The third kappa shape index (κ3) is 5.00. The van der Waals surface area contributed by atoms with E-state index in [1.807, 2.05) is 0 Å². The molecule has 2 N–H and O–H groups in total. The van der Waals surface area contributed by atoms with E-state index in [9.17, 15) is 14.4 Å². The lowest BCUT2D eigenvalue weighted by molar-refractivity contribution is -0.140. The van der Waals surface area contributed by atoms with Crippen LogP contribution in [0.2, 0.25) is 0 Å². The van der Waals surface area contributed by atoms with Crippen LogP contribution in [0, 0.1) is 5.41 Å². The van der Waals surface area contributed by atoms with Crippen LogP contribution in [0.1, 0.15) is 64.2 Å². The number of carbonyl (C=O) groups is 3. The van der Waals surface area contributed by atoms with Crippen molar-refractivity contribution in [3.8, 4) is 0 Å². The molecule has 22 heavy (non-hydrogen) atoms. The Kier molecular flexibility index (Phi) is 5.80. The Labute approximate surface area is 130 Å². The maximum absolute atomic E-state index is 11.9. The number of hydrogen-bond donors (Lipinski definition) is 2. The first-order chi connectivity index (χ1) is 10.5. The summed E-state index contributed by atoms with van der Waals surface area (Å²) in [7, 11) is 0. The lowest BCUT2D eigenvalue weighted by Gasteiger charge is -2.36. The molecule has 0 aromatic heterocycles. The molecule has 0 aromatic carbocycles. The summed E-state index contributed by atoms with van der Waals surface area (Å²) in [6, 6.07) is 0. The average molecular weight is 311 g/mol. The molecule has 124 valence electrons. The van der Waals surface area contributed by atoms with Crippen molar-refractivity contribution in [1.29, 1.82) is 0 Å². The second-order valence-corrected chi connectivity index (χ2v) is 6.65. The van der Waals surface area contributed by atoms with E-state index < -0.39 is 12.1 Å². The zero-order chi connectivity index (χ0) is 16.0. The Bertz CT molecular complexity index is 428. The molecule has 1 atom stereocenters. The summed E-state index contributed by atoms with van der Waals surface area (Å²) in [5.41, 5.74) is -0.356. The number of carbonyl (C=O) groups excluding carboxylic acids is 2. The molecule has 0 saturated heterocycles. The molecule has 1 amide bonds. The van der Waals surface area contributed by atoms with Gasteiger partial charge in [-0.25, -0.2) is 4.79 Å². The quantitative estimate of drug-likeness (QED) is 0.814. The van der Waals surface area contributed by atoms with Crippen molar-refractivity contribution in [2.24, 2.45) is 5.41 Å². The maximum Gasteiger partial charge on any atom is 0.407 e. The van der Waals surface area contributed by atoms with Crippen LogP contribution in [0.15, 0.2) is 0 Å². The molecule has 0 aromatic rings. The van der Waals surface area contributed by atoms with Crippen LogP contribution in [0.4, 0.5) is 4.79 Å². The van der Waals surface area contributed by atoms with Crippen LogP contribution in [-0.2, 0) is 14.3 Å². The number of aliphatic carboxylic acids is 1. The number of alkyl carbamates (subject to hydrolysis) is 1. The number of ketones is 1. The lowest BCUT2D eigenvalue weighted by atomic mass is 9.72. The summed E-state index contributed by atoms with van der Waals surface area (Å²) < 4.78 is 5.28. The molecule has 0 aliphatic heterocycles. The first kappa shape index (κ1) is 16.8. The van der Waals surface area contributed by atoms with Crippen molar-refractivity contribution in [1.82, 2.24) is 5.32 Å². The Morgan fingerprint density at radius 1 is 1.23 bits per heavy atom. The fraction of sp³-hybridized carbons (Fsp3) is 0.812. The predicted octanol–water partition coefficient (Wildman–Crippen LogP) is 2.65. The van der Waals surface area contributed by atoms with Crippen molar-refractivity contribution in [3.05, 3.63) is 0 Å². The normalized spacial score (nSPS) is 24.5. The molecule has 0 unspecified atom stereocenters. The number of amides is 1. The number of ether oxygens (including phenoxy) is 1. The summed E-state index contributed by atoms with van der Waals surface area (Å²) in [5, 5.41) is 11.8. The standard InChI is InChI=1S/C16H25NO5/c18-12-5-4-6-13(9-12)22-15(21)17-11-16(10-14(19)20)7-2-1-3-8-16/h13H,1-11H2,(H,17,21)(H,19,20)/t13-/m1/s1. The first-order valence-corrected chi connectivity index (χ1v) is 8.17.